The number of benzene rings is 1. The van der Waals surface area contributed by atoms with Gasteiger partial charge in [-0.05, 0) is 86.8 Å². The van der Waals surface area contributed by atoms with Crippen molar-refractivity contribution in [3.8, 4) is 0 Å². The van der Waals surface area contributed by atoms with Crippen molar-refractivity contribution in [1.29, 1.82) is 0 Å². The fourth-order valence-electron chi connectivity index (χ4n) is 5.97. The zero-order chi connectivity index (χ0) is 21.7. The van der Waals surface area contributed by atoms with E-state index in [2.05, 4.69) is 55.2 Å². The van der Waals surface area contributed by atoms with E-state index in [0.717, 1.165) is 27.4 Å². The van der Waals surface area contributed by atoms with Crippen molar-refractivity contribution in [3.63, 3.8) is 0 Å². The summed E-state index contributed by atoms with van der Waals surface area (Å²) >= 11 is 4.40. The van der Waals surface area contributed by atoms with Crippen LogP contribution in [0.15, 0.2) is 23.1 Å². The summed E-state index contributed by atoms with van der Waals surface area (Å²) in [5.74, 6) is 2.57. The zero-order valence-corrected chi connectivity index (χ0v) is 22.6. The van der Waals surface area contributed by atoms with Crippen molar-refractivity contribution >= 4 is 61.1 Å². The van der Waals surface area contributed by atoms with Gasteiger partial charge < -0.3 is 5.32 Å². The molecule has 1 amide bonds. The molecule has 2 N–H and O–H groups in total. The van der Waals surface area contributed by atoms with Gasteiger partial charge in [0.05, 0.1) is 4.90 Å². The predicted octanol–water partition coefficient (Wildman–Crippen LogP) is 4.55. The molecule has 0 aromatic heterocycles. The molecule has 4 aliphatic carbocycles. The van der Waals surface area contributed by atoms with E-state index in [-0.39, 0.29) is 16.8 Å². The molecule has 4 fully saturated rings. The summed E-state index contributed by atoms with van der Waals surface area (Å²) in [6.07, 6.45) is 6.23. The minimum absolute atomic E-state index is 0.196. The van der Waals surface area contributed by atoms with E-state index in [1.807, 2.05) is 12.1 Å². The van der Waals surface area contributed by atoms with Crippen LogP contribution < -0.4 is 10.0 Å². The SMILES string of the molecule is CC(C)(NS(=O)(=O)c1cc(CI)ccc1CI)C(=O)NC1C2CC3CC(C2)CC1C3. The molecule has 0 radical (unpaired) electrons. The average Bonchev–Trinajstić information content (AvgIpc) is 2.68. The van der Waals surface area contributed by atoms with Gasteiger partial charge in [-0.2, -0.15) is 4.72 Å². The van der Waals surface area contributed by atoms with Crippen LogP contribution in [0.2, 0.25) is 0 Å². The van der Waals surface area contributed by atoms with E-state index in [4.69, 9.17) is 0 Å². The van der Waals surface area contributed by atoms with Crippen LogP contribution in [0.5, 0.6) is 0 Å². The quantitative estimate of drug-likeness (QED) is 0.334. The average molecular weight is 656 g/mol. The molecule has 1 aromatic rings. The second kappa shape index (κ2) is 8.78. The van der Waals surface area contributed by atoms with Crippen LogP contribution in [0.25, 0.3) is 0 Å². The largest absolute Gasteiger partial charge is 0.351 e. The van der Waals surface area contributed by atoms with Crippen molar-refractivity contribution < 1.29 is 13.2 Å². The molecule has 4 bridgehead atoms. The highest BCUT2D eigenvalue weighted by Crippen LogP contribution is 2.53. The molecule has 4 saturated carbocycles. The van der Waals surface area contributed by atoms with Gasteiger partial charge in [0.15, 0.2) is 0 Å². The van der Waals surface area contributed by atoms with E-state index in [1.54, 1.807) is 19.9 Å². The van der Waals surface area contributed by atoms with Crippen LogP contribution in [0, 0.1) is 23.7 Å². The summed E-state index contributed by atoms with van der Waals surface area (Å²) in [5, 5.41) is 3.26. The van der Waals surface area contributed by atoms with E-state index < -0.39 is 15.6 Å². The number of sulfonamides is 1. The Bertz CT molecular complexity index is 904. The first kappa shape index (κ1) is 23.2. The Labute approximate surface area is 207 Å². The summed E-state index contributed by atoms with van der Waals surface area (Å²) in [5.41, 5.74) is 0.505. The summed E-state index contributed by atoms with van der Waals surface area (Å²) < 4.78 is 30.5. The lowest BCUT2D eigenvalue weighted by atomic mass is 9.54. The number of alkyl halides is 2. The van der Waals surface area contributed by atoms with Gasteiger partial charge in [-0.15, -0.1) is 0 Å². The highest BCUT2D eigenvalue weighted by atomic mass is 127. The number of hydrogen-bond donors (Lipinski definition) is 2. The number of halogens is 2. The molecule has 8 heteroatoms. The molecule has 1 aromatic carbocycles. The van der Waals surface area contributed by atoms with Crippen LogP contribution in [0.4, 0.5) is 0 Å². The van der Waals surface area contributed by atoms with Crippen molar-refractivity contribution in [2.45, 2.75) is 71.3 Å². The van der Waals surface area contributed by atoms with Crippen molar-refractivity contribution in [2.24, 2.45) is 23.7 Å². The maximum atomic E-state index is 13.2. The molecule has 30 heavy (non-hydrogen) atoms. The lowest BCUT2D eigenvalue weighted by Crippen LogP contribution is -2.62. The Hall–Kier alpha value is 0.0600. The first-order chi connectivity index (χ1) is 14.1. The van der Waals surface area contributed by atoms with Gasteiger partial charge in [-0.3, -0.25) is 4.79 Å². The fraction of sp³-hybridized carbons (Fsp3) is 0.682. The van der Waals surface area contributed by atoms with Crippen molar-refractivity contribution in [2.75, 3.05) is 0 Å². The summed E-state index contributed by atoms with van der Waals surface area (Å²) in [4.78, 5) is 13.5. The van der Waals surface area contributed by atoms with E-state index in [1.165, 1.54) is 32.1 Å². The Morgan fingerprint density at radius 2 is 1.63 bits per heavy atom. The standard InChI is InChI=1S/C22H30I2N2O3S/c1-22(2,26-30(28,29)19-10-13(11-23)3-4-16(19)12-24)21(27)25-20-17-6-14-5-15(8-17)9-18(20)7-14/h3-4,10,14-15,17-18,20,26H,5-9,11-12H2,1-2H3,(H,25,27). The minimum atomic E-state index is -3.82. The highest BCUT2D eigenvalue weighted by Gasteiger charge is 2.49. The Morgan fingerprint density at radius 1 is 1.03 bits per heavy atom. The smallest absolute Gasteiger partial charge is 0.241 e. The lowest BCUT2D eigenvalue weighted by Gasteiger charge is -2.54. The van der Waals surface area contributed by atoms with Gasteiger partial charge in [0.1, 0.15) is 5.54 Å². The maximum Gasteiger partial charge on any atom is 0.241 e. The van der Waals surface area contributed by atoms with Crippen LogP contribution in [-0.2, 0) is 23.7 Å². The third-order valence-corrected chi connectivity index (χ3v) is 10.6. The second-order valence-corrected chi connectivity index (χ2v) is 13.0. The van der Waals surface area contributed by atoms with Gasteiger partial charge in [-0.25, -0.2) is 8.42 Å². The van der Waals surface area contributed by atoms with Gasteiger partial charge in [0.2, 0.25) is 15.9 Å². The third kappa shape index (κ3) is 4.57. The lowest BCUT2D eigenvalue weighted by molar-refractivity contribution is -0.129. The third-order valence-electron chi connectivity index (χ3n) is 7.20. The molecular weight excluding hydrogens is 626 g/mol. The molecule has 166 valence electrons. The highest BCUT2D eigenvalue weighted by molar-refractivity contribution is 14.1. The number of rotatable bonds is 7. The van der Waals surface area contributed by atoms with Crippen molar-refractivity contribution in [1.82, 2.24) is 10.0 Å². The first-order valence-electron chi connectivity index (χ1n) is 10.7. The molecule has 5 rings (SSSR count). The zero-order valence-electron chi connectivity index (χ0n) is 17.5. The van der Waals surface area contributed by atoms with Gasteiger partial charge >= 0.3 is 0 Å². The fourth-order valence-corrected chi connectivity index (χ4v) is 9.04. The summed E-state index contributed by atoms with van der Waals surface area (Å²) in [7, 11) is -3.82. The number of hydrogen-bond acceptors (Lipinski definition) is 3. The normalized spacial score (nSPS) is 30.5. The molecule has 0 atom stereocenters. The van der Waals surface area contributed by atoms with Gasteiger partial charge in [0, 0.05) is 14.9 Å². The van der Waals surface area contributed by atoms with E-state index >= 15 is 0 Å². The van der Waals surface area contributed by atoms with Gasteiger partial charge in [0.25, 0.3) is 0 Å². The number of nitrogens with one attached hydrogen (secondary N) is 2. The molecule has 0 aliphatic heterocycles. The molecule has 4 aliphatic rings. The number of carbonyl (C=O) groups is 1. The molecule has 0 heterocycles. The second-order valence-electron chi connectivity index (χ2n) is 9.87. The number of carbonyl (C=O) groups excluding carboxylic acids is 1. The summed E-state index contributed by atoms with van der Waals surface area (Å²) in [6.45, 7) is 3.34. The maximum absolute atomic E-state index is 13.2. The van der Waals surface area contributed by atoms with E-state index in [9.17, 15) is 13.2 Å². The van der Waals surface area contributed by atoms with Crippen LogP contribution in [0.3, 0.4) is 0 Å². The monoisotopic (exact) mass is 656 g/mol. The van der Waals surface area contributed by atoms with E-state index in [0.29, 0.717) is 16.3 Å². The molecule has 0 saturated heterocycles. The van der Waals surface area contributed by atoms with Crippen LogP contribution >= 0.6 is 45.2 Å². The Balaban J connectivity index is 1.50. The van der Waals surface area contributed by atoms with Crippen molar-refractivity contribution in [3.05, 3.63) is 29.3 Å². The Morgan fingerprint density at radius 3 is 2.17 bits per heavy atom. The Kier molecular flexibility index (Phi) is 6.79. The number of amides is 1. The summed E-state index contributed by atoms with van der Waals surface area (Å²) in [6, 6.07) is 5.76. The topological polar surface area (TPSA) is 75.3 Å². The minimum Gasteiger partial charge on any atom is -0.351 e. The van der Waals surface area contributed by atoms with Gasteiger partial charge in [-0.1, -0.05) is 57.3 Å². The molecule has 0 unspecified atom stereocenters. The molecule has 5 nitrogen and oxygen atoms in total. The van der Waals surface area contributed by atoms with Crippen LogP contribution in [-0.4, -0.2) is 25.9 Å². The molecule has 0 spiro atoms. The predicted molar refractivity (Wildman–Crippen MR) is 135 cm³/mol. The first-order valence-corrected chi connectivity index (χ1v) is 15.2. The molecular formula is C22H30I2N2O3S. The van der Waals surface area contributed by atoms with Crippen LogP contribution in [0.1, 0.15) is 57.1 Å².